The van der Waals surface area contributed by atoms with Crippen molar-refractivity contribution in [3.63, 3.8) is 0 Å². The molecule has 0 saturated carbocycles. The monoisotopic (exact) mass is 279 g/mol. The highest BCUT2D eigenvalue weighted by Crippen LogP contribution is 2.18. The molecule has 0 fully saturated rings. The minimum Gasteiger partial charge on any atom is -0.493 e. The van der Waals surface area contributed by atoms with Crippen LogP contribution >= 0.6 is 0 Å². The Labute approximate surface area is 115 Å². The third kappa shape index (κ3) is 4.24. The number of ether oxygens (including phenoxy) is 2. The first-order valence-electron chi connectivity index (χ1n) is 5.58. The summed E-state index contributed by atoms with van der Waals surface area (Å²) in [6, 6.07) is 5.39. The summed E-state index contributed by atoms with van der Waals surface area (Å²) in [5, 5.41) is 8.86. The molecule has 20 heavy (non-hydrogen) atoms. The number of hydrogen-bond donors (Lipinski definition) is 1. The van der Waals surface area contributed by atoms with Crippen molar-refractivity contribution in [1.29, 1.82) is 0 Å². The molecule has 0 saturated heterocycles. The molecule has 1 aromatic carbocycles. The zero-order chi connectivity index (χ0) is 15.1. The molecule has 1 N–H and O–H groups in total. The van der Waals surface area contributed by atoms with Gasteiger partial charge >= 0.3 is 5.97 Å². The maximum atomic E-state index is 12.8. The Morgan fingerprint density at radius 3 is 2.45 bits per heavy atom. The summed E-state index contributed by atoms with van der Waals surface area (Å²) in [5.41, 5.74) is -0.274. The average Bonchev–Trinajstić information content (AvgIpc) is 2.42. The molecular weight excluding hydrogens is 265 g/mol. The number of rotatable bonds is 6. The Morgan fingerprint density at radius 2 is 2.00 bits per heavy atom. The predicted molar refractivity (Wildman–Crippen MR) is 72.0 cm³/mol. The second-order valence-electron chi connectivity index (χ2n) is 3.67. The Bertz CT molecular complexity index is 561. The summed E-state index contributed by atoms with van der Waals surface area (Å²) < 4.78 is 23.2. The van der Waals surface area contributed by atoms with Gasteiger partial charge in [-0.25, -0.2) is 9.18 Å². The van der Waals surface area contributed by atoms with Crippen molar-refractivity contribution in [2.24, 2.45) is 4.99 Å². The minimum absolute atomic E-state index is 0.180. The first kappa shape index (κ1) is 15.4. The van der Waals surface area contributed by atoms with E-state index in [1.807, 2.05) is 0 Å². The Kier molecular flexibility index (Phi) is 5.46. The van der Waals surface area contributed by atoms with Crippen LogP contribution in [0.4, 0.5) is 4.39 Å². The fourth-order valence-electron chi connectivity index (χ4n) is 1.33. The van der Waals surface area contributed by atoms with Crippen LogP contribution in [0.25, 0.3) is 0 Å². The molecule has 0 unspecified atom stereocenters. The van der Waals surface area contributed by atoms with Crippen LogP contribution in [0.3, 0.4) is 0 Å². The van der Waals surface area contributed by atoms with Crippen molar-refractivity contribution in [2.45, 2.75) is 6.92 Å². The molecule has 0 spiro atoms. The zero-order valence-electron chi connectivity index (χ0n) is 11.1. The molecule has 0 aliphatic carbocycles. The summed E-state index contributed by atoms with van der Waals surface area (Å²) in [7, 11) is 1.37. The van der Waals surface area contributed by atoms with Crippen LogP contribution in [0.5, 0.6) is 5.75 Å². The second kappa shape index (κ2) is 7.08. The number of aliphatic imine (C=N–C) groups is 1. The van der Waals surface area contributed by atoms with Crippen LogP contribution in [0, 0.1) is 5.82 Å². The molecule has 5 nitrogen and oxygen atoms in total. The van der Waals surface area contributed by atoms with E-state index in [-0.39, 0.29) is 17.3 Å². The largest absolute Gasteiger partial charge is 0.493 e. The highest BCUT2D eigenvalue weighted by molar-refractivity contribution is 5.87. The zero-order valence-corrected chi connectivity index (χ0v) is 11.1. The minimum atomic E-state index is -1.23. The topological polar surface area (TPSA) is 68.1 Å². The first-order valence-corrected chi connectivity index (χ1v) is 5.58. The van der Waals surface area contributed by atoms with E-state index in [1.54, 1.807) is 6.92 Å². The standard InChI is InChI=1S/C14H14FNO4/c1-9(20-11-6-4-10(15)5-7-11)13(19-3)8-12(16-2)14(17)18/h4-8H,2H2,1,3H3,(H,17,18)/b12-8-,13-9-. The van der Waals surface area contributed by atoms with E-state index in [0.717, 1.165) is 0 Å². The van der Waals surface area contributed by atoms with Crippen molar-refractivity contribution < 1.29 is 23.8 Å². The van der Waals surface area contributed by atoms with E-state index in [0.29, 0.717) is 11.5 Å². The number of aliphatic carboxylic acids is 1. The normalized spacial score (nSPS) is 12.4. The number of allylic oxidation sites excluding steroid dienone is 2. The molecule has 1 aromatic rings. The smallest absolute Gasteiger partial charge is 0.354 e. The van der Waals surface area contributed by atoms with Crippen molar-refractivity contribution in [2.75, 3.05) is 7.11 Å². The van der Waals surface area contributed by atoms with E-state index in [9.17, 15) is 9.18 Å². The van der Waals surface area contributed by atoms with Gasteiger partial charge in [0.1, 0.15) is 17.3 Å². The van der Waals surface area contributed by atoms with Gasteiger partial charge in [0.25, 0.3) is 0 Å². The van der Waals surface area contributed by atoms with E-state index >= 15 is 0 Å². The van der Waals surface area contributed by atoms with Crippen LogP contribution < -0.4 is 4.74 Å². The molecule has 0 amide bonds. The molecule has 0 radical (unpaired) electrons. The Balaban J connectivity index is 3.03. The number of methoxy groups -OCH3 is 1. The quantitative estimate of drug-likeness (QED) is 0.376. The van der Waals surface area contributed by atoms with Crippen LogP contribution in [-0.4, -0.2) is 24.9 Å². The van der Waals surface area contributed by atoms with Gasteiger partial charge in [-0.1, -0.05) is 0 Å². The average molecular weight is 279 g/mol. The number of carboxylic acid groups (broad SMARTS) is 1. The second-order valence-corrected chi connectivity index (χ2v) is 3.67. The first-order chi connectivity index (χ1) is 9.47. The van der Waals surface area contributed by atoms with E-state index in [4.69, 9.17) is 14.6 Å². The van der Waals surface area contributed by atoms with E-state index in [1.165, 1.54) is 37.5 Å². The van der Waals surface area contributed by atoms with Crippen LogP contribution in [0.2, 0.25) is 0 Å². The Hall–Kier alpha value is -2.63. The van der Waals surface area contributed by atoms with Crippen molar-refractivity contribution in [3.05, 3.63) is 53.4 Å². The molecule has 0 aliphatic heterocycles. The van der Waals surface area contributed by atoms with Gasteiger partial charge in [0.15, 0.2) is 11.5 Å². The molecule has 1 rings (SSSR count). The number of halogens is 1. The summed E-state index contributed by atoms with van der Waals surface area (Å²) in [5.74, 6) is -0.727. The molecule has 0 aromatic heterocycles. The van der Waals surface area contributed by atoms with Crippen LogP contribution in [-0.2, 0) is 9.53 Å². The third-order valence-corrected chi connectivity index (χ3v) is 2.31. The third-order valence-electron chi connectivity index (χ3n) is 2.31. The number of benzene rings is 1. The lowest BCUT2D eigenvalue weighted by Gasteiger charge is -2.10. The summed E-state index contributed by atoms with van der Waals surface area (Å²) in [4.78, 5) is 14.2. The molecule has 6 heteroatoms. The highest BCUT2D eigenvalue weighted by Gasteiger charge is 2.09. The van der Waals surface area contributed by atoms with Gasteiger partial charge in [-0.3, -0.25) is 4.99 Å². The Morgan fingerprint density at radius 1 is 1.40 bits per heavy atom. The van der Waals surface area contributed by atoms with Gasteiger partial charge in [0, 0.05) is 6.08 Å². The van der Waals surface area contributed by atoms with Gasteiger partial charge in [0.05, 0.1) is 7.11 Å². The lowest BCUT2D eigenvalue weighted by Crippen LogP contribution is -2.02. The van der Waals surface area contributed by atoms with E-state index < -0.39 is 5.97 Å². The molecule has 106 valence electrons. The SMILES string of the molecule is C=N/C(=C\C(OC)=C(/C)Oc1ccc(F)cc1)C(=O)O. The number of carboxylic acids is 1. The van der Waals surface area contributed by atoms with Gasteiger partial charge < -0.3 is 14.6 Å². The fraction of sp³-hybridized carbons (Fsp3) is 0.143. The van der Waals surface area contributed by atoms with Crippen LogP contribution in [0.1, 0.15) is 6.92 Å². The van der Waals surface area contributed by atoms with Crippen LogP contribution in [0.15, 0.2) is 52.5 Å². The maximum Gasteiger partial charge on any atom is 0.354 e. The lowest BCUT2D eigenvalue weighted by atomic mass is 10.3. The highest BCUT2D eigenvalue weighted by atomic mass is 19.1. The van der Waals surface area contributed by atoms with Gasteiger partial charge in [-0.2, -0.15) is 0 Å². The predicted octanol–water partition coefficient (Wildman–Crippen LogP) is 2.75. The van der Waals surface area contributed by atoms with Gasteiger partial charge in [-0.15, -0.1) is 0 Å². The maximum absolute atomic E-state index is 12.8. The van der Waals surface area contributed by atoms with Crippen molar-refractivity contribution in [1.82, 2.24) is 0 Å². The van der Waals surface area contributed by atoms with Gasteiger partial charge in [0.2, 0.25) is 0 Å². The number of hydrogen-bond acceptors (Lipinski definition) is 4. The molecular formula is C14H14FNO4. The number of carbonyl (C=O) groups is 1. The van der Waals surface area contributed by atoms with Crippen molar-refractivity contribution >= 4 is 12.7 Å². The summed E-state index contributed by atoms with van der Waals surface area (Å²) >= 11 is 0. The molecule has 0 heterocycles. The fourth-order valence-corrected chi connectivity index (χ4v) is 1.33. The number of nitrogens with zero attached hydrogens (tertiary/aromatic N) is 1. The van der Waals surface area contributed by atoms with Crippen molar-refractivity contribution in [3.8, 4) is 5.75 Å². The molecule has 0 bridgehead atoms. The molecule has 0 aliphatic rings. The summed E-state index contributed by atoms with van der Waals surface area (Å²) in [6.45, 7) is 4.75. The summed E-state index contributed by atoms with van der Waals surface area (Å²) in [6.07, 6.45) is 1.19. The lowest BCUT2D eigenvalue weighted by molar-refractivity contribution is -0.132. The van der Waals surface area contributed by atoms with E-state index in [2.05, 4.69) is 11.7 Å². The van der Waals surface area contributed by atoms with Gasteiger partial charge in [-0.05, 0) is 37.9 Å². The molecule has 0 atom stereocenters.